The Labute approximate surface area is 335 Å². The quantitative estimate of drug-likeness (QED) is 0.147. The van der Waals surface area contributed by atoms with Gasteiger partial charge in [0.1, 0.15) is 0 Å². The van der Waals surface area contributed by atoms with E-state index in [1.54, 1.807) is 0 Å². The second-order valence-electron chi connectivity index (χ2n) is 15.1. The number of benzene rings is 3. The number of aromatic nitrogens is 5. The topological polar surface area (TPSA) is 70.2 Å². The Morgan fingerprint density at radius 3 is 1.07 bits per heavy atom. The van der Waals surface area contributed by atoms with Crippen LogP contribution >= 0.6 is 0 Å². The molecule has 0 saturated carbocycles. The number of H-pyrrole nitrogens is 2. The number of rotatable bonds is 10. The second kappa shape index (κ2) is 15.9. The zero-order valence-electron chi connectivity index (χ0n) is 32.9. The highest BCUT2D eigenvalue weighted by Gasteiger charge is 2.19. The number of aryl methyl sites for hydroxylation is 3. The van der Waals surface area contributed by atoms with E-state index in [9.17, 15) is 0 Å². The maximum atomic E-state index is 5.48. The molecule has 0 aliphatic carbocycles. The fourth-order valence-electron chi connectivity index (χ4n) is 8.28. The van der Waals surface area contributed by atoms with Crippen molar-refractivity contribution in [3.8, 4) is 44.6 Å². The van der Waals surface area contributed by atoms with Crippen LogP contribution in [0.4, 0.5) is 0 Å². The monoisotopic (exact) mass is 741 g/mol. The molecule has 0 amide bonds. The summed E-state index contributed by atoms with van der Waals surface area (Å²) in [7, 11) is 0. The number of pyridine rings is 1. The lowest BCUT2D eigenvalue weighted by molar-refractivity contribution is 0.922. The molecule has 5 nitrogen and oxygen atoms in total. The van der Waals surface area contributed by atoms with E-state index in [1.807, 2.05) is 18.3 Å². The molecule has 0 atom stereocenters. The molecular formula is C52H47N5. The summed E-state index contributed by atoms with van der Waals surface area (Å²) in [5.74, 6) is 0. The van der Waals surface area contributed by atoms with Crippen molar-refractivity contribution in [3.05, 3.63) is 161 Å². The molecular weight excluding hydrogens is 695 g/mol. The van der Waals surface area contributed by atoms with Crippen molar-refractivity contribution >= 4 is 46.4 Å². The largest absolute Gasteiger partial charge is 0.354 e. The van der Waals surface area contributed by atoms with Gasteiger partial charge >= 0.3 is 0 Å². The number of fused-ring (bicyclic) bond motifs is 8. The summed E-state index contributed by atoms with van der Waals surface area (Å²) in [5, 5.41) is 0. The van der Waals surface area contributed by atoms with Crippen LogP contribution in [0.1, 0.15) is 79.5 Å². The van der Waals surface area contributed by atoms with Crippen LogP contribution in [0.2, 0.25) is 0 Å². The zero-order valence-corrected chi connectivity index (χ0v) is 32.9. The minimum absolute atomic E-state index is 0.854. The number of nitrogens with one attached hydrogen (secondary N) is 2. The van der Waals surface area contributed by atoms with Crippen molar-refractivity contribution in [3.63, 3.8) is 0 Å². The van der Waals surface area contributed by atoms with Crippen LogP contribution < -0.4 is 0 Å². The molecule has 9 rings (SSSR count). The summed E-state index contributed by atoms with van der Waals surface area (Å²) in [4.78, 5) is 23.5. The third-order valence-electron chi connectivity index (χ3n) is 11.0. The van der Waals surface area contributed by atoms with Crippen LogP contribution in [0, 0.1) is 0 Å². The number of hydrogen-bond acceptors (Lipinski definition) is 3. The van der Waals surface area contributed by atoms with Crippen LogP contribution in [0.5, 0.6) is 0 Å². The molecule has 8 bridgehead atoms. The van der Waals surface area contributed by atoms with Crippen molar-refractivity contribution < 1.29 is 0 Å². The predicted octanol–water partition coefficient (Wildman–Crippen LogP) is 13.6. The molecule has 0 saturated heterocycles. The second-order valence-corrected chi connectivity index (χ2v) is 15.1. The smallest absolute Gasteiger partial charge is 0.0753 e. The first kappa shape index (κ1) is 36.1. The van der Waals surface area contributed by atoms with Crippen LogP contribution in [-0.4, -0.2) is 24.9 Å². The molecule has 7 aromatic rings. The van der Waals surface area contributed by atoms with E-state index in [2.05, 4.69) is 158 Å². The van der Waals surface area contributed by atoms with E-state index in [0.29, 0.717) is 0 Å². The van der Waals surface area contributed by atoms with Gasteiger partial charge in [0.15, 0.2) is 0 Å². The fourth-order valence-corrected chi connectivity index (χ4v) is 8.28. The van der Waals surface area contributed by atoms with Gasteiger partial charge in [0.25, 0.3) is 0 Å². The first-order valence-electron chi connectivity index (χ1n) is 20.5. The fraction of sp³-hybridized carbons (Fsp3) is 0.173. The third-order valence-corrected chi connectivity index (χ3v) is 11.0. The Hall–Kier alpha value is -6.59. The Morgan fingerprint density at radius 2 is 0.737 bits per heavy atom. The molecule has 57 heavy (non-hydrogen) atoms. The van der Waals surface area contributed by atoms with Crippen molar-refractivity contribution in [1.29, 1.82) is 0 Å². The summed E-state index contributed by atoms with van der Waals surface area (Å²) in [5.41, 5.74) is 19.8. The number of nitrogens with zero attached hydrogens (tertiary/aromatic N) is 3. The molecule has 6 heterocycles. The molecule has 0 unspecified atom stereocenters. The van der Waals surface area contributed by atoms with Gasteiger partial charge in [0.05, 0.1) is 34.0 Å². The molecule has 4 aromatic heterocycles. The molecule has 0 spiro atoms. The molecule has 5 heteroatoms. The van der Waals surface area contributed by atoms with Crippen molar-refractivity contribution in [2.24, 2.45) is 0 Å². The highest BCUT2D eigenvalue weighted by Crippen LogP contribution is 2.38. The van der Waals surface area contributed by atoms with Gasteiger partial charge in [-0.05, 0) is 113 Å². The van der Waals surface area contributed by atoms with Gasteiger partial charge in [-0.3, -0.25) is 4.98 Å². The molecule has 0 fully saturated rings. The Bertz CT molecular complexity index is 2740. The van der Waals surface area contributed by atoms with Crippen LogP contribution in [0.25, 0.3) is 91.0 Å². The van der Waals surface area contributed by atoms with Gasteiger partial charge in [-0.25, -0.2) is 9.97 Å². The highest BCUT2D eigenvalue weighted by molar-refractivity contribution is 5.99. The average molecular weight is 742 g/mol. The highest BCUT2D eigenvalue weighted by atomic mass is 14.8. The van der Waals surface area contributed by atoms with E-state index < -0.39 is 0 Å². The molecule has 280 valence electrons. The van der Waals surface area contributed by atoms with Gasteiger partial charge in [-0.1, -0.05) is 119 Å². The predicted molar refractivity (Wildman–Crippen MR) is 240 cm³/mol. The summed E-state index contributed by atoms with van der Waals surface area (Å²) in [6.07, 6.45) is 16.9. The normalized spacial score (nSPS) is 12.1. The first-order valence-corrected chi connectivity index (χ1v) is 20.5. The SMILES string of the molecule is CCCc1ccc(-c2c3nc(c(-c4ccc(CCC)cc4)c4ccc([nH]4)c(-c4ccccn4)c4nc(c(-c5ccc(CCC)cc5)c5ccc2[nH]5)C=C4)C=C3)cc1. The molecule has 2 aliphatic rings. The van der Waals surface area contributed by atoms with E-state index in [4.69, 9.17) is 15.0 Å². The maximum absolute atomic E-state index is 5.48. The van der Waals surface area contributed by atoms with Crippen LogP contribution in [0.3, 0.4) is 0 Å². The van der Waals surface area contributed by atoms with Crippen LogP contribution in [0.15, 0.2) is 121 Å². The van der Waals surface area contributed by atoms with Gasteiger partial charge in [0, 0.05) is 45.0 Å². The summed E-state index contributed by atoms with van der Waals surface area (Å²) >= 11 is 0. The molecule has 2 aliphatic heterocycles. The lowest BCUT2D eigenvalue weighted by Gasteiger charge is -2.08. The van der Waals surface area contributed by atoms with Crippen molar-refractivity contribution in [1.82, 2.24) is 24.9 Å². The first-order chi connectivity index (χ1) is 28.1. The summed E-state index contributed by atoms with van der Waals surface area (Å²) in [6.45, 7) is 6.68. The van der Waals surface area contributed by atoms with E-state index in [-0.39, 0.29) is 0 Å². The maximum Gasteiger partial charge on any atom is 0.0753 e. The van der Waals surface area contributed by atoms with E-state index >= 15 is 0 Å². The minimum Gasteiger partial charge on any atom is -0.354 e. The van der Waals surface area contributed by atoms with Crippen molar-refractivity contribution in [2.45, 2.75) is 59.3 Å². The average Bonchev–Trinajstić information content (AvgIpc) is 4.09. The minimum atomic E-state index is 0.854. The molecule has 0 radical (unpaired) electrons. The van der Waals surface area contributed by atoms with E-state index in [1.165, 1.54) is 16.7 Å². The van der Waals surface area contributed by atoms with Crippen LogP contribution in [-0.2, 0) is 19.3 Å². The Morgan fingerprint density at radius 1 is 0.386 bits per heavy atom. The number of aromatic amines is 2. The van der Waals surface area contributed by atoms with Gasteiger partial charge < -0.3 is 9.97 Å². The van der Waals surface area contributed by atoms with Gasteiger partial charge in [-0.2, -0.15) is 0 Å². The van der Waals surface area contributed by atoms with Gasteiger partial charge in [0.2, 0.25) is 0 Å². The Kier molecular flexibility index (Phi) is 10.0. The lowest BCUT2D eigenvalue weighted by Crippen LogP contribution is -1.91. The molecule has 3 aromatic carbocycles. The van der Waals surface area contributed by atoms with E-state index in [0.717, 1.165) is 128 Å². The van der Waals surface area contributed by atoms with Gasteiger partial charge in [-0.15, -0.1) is 0 Å². The standard InChI is InChI=1S/C52H47N5/c1-4-9-34-13-19-37(20-14-34)49-41-25-27-43(54-41)50(38-21-15-35(10-5-2)16-22-38)45-29-31-47(56-45)52(40-12-7-8-33-53-40)48-32-30-46(57-48)51(44-28-26-42(49)55-44)39-23-17-36(11-6-3)18-24-39/h7-8,12-33,54,57H,4-6,9-11H2,1-3H3. The Balaban J connectivity index is 1.41. The third kappa shape index (κ3) is 7.18. The molecule has 2 N–H and O–H groups in total. The summed E-state index contributed by atoms with van der Waals surface area (Å²) < 4.78 is 0. The van der Waals surface area contributed by atoms with Crippen molar-refractivity contribution in [2.75, 3.05) is 0 Å². The number of hydrogen-bond donors (Lipinski definition) is 2. The summed E-state index contributed by atoms with van der Waals surface area (Å²) in [6, 6.07) is 41.8. The zero-order chi connectivity index (χ0) is 38.7. The lowest BCUT2D eigenvalue weighted by atomic mass is 10.0.